The summed E-state index contributed by atoms with van der Waals surface area (Å²) in [5.74, 6) is -0.943. The minimum absolute atomic E-state index is 0.0565. The first-order valence-electron chi connectivity index (χ1n) is 10.5. The third-order valence-corrected chi connectivity index (χ3v) is 6.19. The minimum atomic E-state index is -1.24. The van der Waals surface area contributed by atoms with Crippen LogP contribution in [0.5, 0.6) is 0 Å². The lowest BCUT2D eigenvalue weighted by Gasteiger charge is -2.37. The van der Waals surface area contributed by atoms with Crippen LogP contribution in [0, 0.1) is 5.82 Å². The molecular weight excluding hydrogens is 417 g/mol. The second-order valence-electron chi connectivity index (χ2n) is 8.07. The number of hydrogen-bond acceptors (Lipinski definition) is 7. The summed E-state index contributed by atoms with van der Waals surface area (Å²) in [6.07, 6.45) is 3.58. The summed E-state index contributed by atoms with van der Waals surface area (Å²) in [7, 11) is 1.39. The third-order valence-electron chi connectivity index (χ3n) is 6.19. The van der Waals surface area contributed by atoms with Crippen LogP contribution in [-0.4, -0.2) is 95.3 Å². The van der Waals surface area contributed by atoms with Crippen LogP contribution in [0.2, 0.25) is 0 Å². The van der Waals surface area contributed by atoms with E-state index in [1.807, 2.05) is 9.80 Å². The van der Waals surface area contributed by atoms with Gasteiger partial charge in [-0.05, 0) is 24.3 Å². The van der Waals surface area contributed by atoms with Gasteiger partial charge < -0.3 is 19.6 Å². The van der Waals surface area contributed by atoms with Gasteiger partial charge in [-0.2, -0.15) is 0 Å². The van der Waals surface area contributed by atoms with Gasteiger partial charge in [0.15, 0.2) is 11.4 Å². The van der Waals surface area contributed by atoms with Gasteiger partial charge in [0.05, 0.1) is 12.2 Å². The van der Waals surface area contributed by atoms with Crippen LogP contribution < -0.4 is 4.90 Å². The zero-order valence-electron chi connectivity index (χ0n) is 17.9. The number of carbonyl (C=O) groups is 2. The first-order chi connectivity index (χ1) is 15.4. The number of likely N-dealkylation sites (tertiary alicyclic amines) is 1. The fourth-order valence-corrected chi connectivity index (χ4v) is 4.26. The molecule has 9 nitrogen and oxygen atoms in total. The number of rotatable bonds is 6. The summed E-state index contributed by atoms with van der Waals surface area (Å²) < 4.78 is 20.0. The van der Waals surface area contributed by atoms with E-state index in [-0.39, 0.29) is 24.8 Å². The van der Waals surface area contributed by atoms with Crippen molar-refractivity contribution in [3.63, 3.8) is 0 Å². The summed E-state index contributed by atoms with van der Waals surface area (Å²) in [6.45, 7) is 2.82. The van der Waals surface area contributed by atoms with Crippen molar-refractivity contribution < 1.29 is 23.8 Å². The predicted molar refractivity (Wildman–Crippen MR) is 115 cm³/mol. The average molecular weight is 443 g/mol. The monoisotopic (exact) mass is 443 g/mol. The van der Waals surface area contributed by atoms with E-state index in [0.717, 1.165) is 0 Å². The van der Waals surface area contributed by atoms with Crippen LogP contribution in [0.15, 0.2) is 36.7 Å². The molecular formula is C22H26FN5O4. The Morgan fingerprint density at radius 3 is 2.47 bits per heavy atom. The fraction of sp³-hybridized carbons (Fsp3) is 0.455. The largest absolute Gasteiger partial charge is 0.479 e. The zero-order chi connectivity index (χ0) is 22.7. The maximum atomic E-state index is 14.8. The summed E-state index contributed by atoms with van der Waals surface area (Å²) in [4.78, 5) is 38.0. The molecule has 1 aromatic heterocycles. The molecule has 0 spiro atoms. The number of carbonyl (C=O) groups excluding carboxylic acids is 1. The lowest BCUT2D eigenvalue weighted by atomic mass is 10.0. The van der Waals surface area contributed by atoms with Crippen molar-refractivity contribution in [2.75, 3.05) is 57.8 Å². The molecule has 2 aromatic rings. The van der Waals surface area contributed by atoms with Crippen molar-refractivity contribution in [2.45, 2.75) is 12.0 Å². The van der Waals surface area contributed by atoms with E-state index in [0.29, 0.717) is 56.2 Å². The Hall–Kier alpha value is -3.11. The maximum Gasteiger partial charge on any atom is 0.337 e. The Morgan fingerprint density at radius 1 is 1.16 bits per heavy atom. The smallest absolute Gasteiger partial charge is 0.337 e. The normalized spacial score (nSPS) is 21.7. The standard InChI is InChI=1S/C22H26FN5O4/c1-32-22(21(30)31)5-8-26(15-22)14-19(29)28-11-9-27(10-12-28)18-4-3-16(13-17(18)23)20-24-6-2-7-25-20/h2-4,6-7,13H,5,8-12,14-15H2,1H3,(H,30,31). The number of halogens is 1. The van der Waals surface area contributed by atoms with Gasteiger partial charge in [0.2, 0.25) is 5.91 Å². The van der Waals surface area contributed by atoms with Gasteiger partial charge >= 0.3 is 5.97 Å². The quantitative estimate of drug-likeness (QED) is 0.709. The van der Waals surface area contributed by atoms with Crippen LogP contribution in [0.1, 0.15) is 6.42 Å². The van der Waals surface area contributed by atoms with Gasteiger partial charge in [0.1, 0.15) is 5.82 Å². The molecule has 2 aliphatic heterocycles. The molecule has 1 N–H and O–H groups in total. The van der Waals surface area contributed by atoms with Gasteiger partial charge in [0, 0.05) is 70.8 Å². The molecule has 2 aliphatic rings. The number of carboxylic acids is 1. The zero-order valence-corrected chi connectivity index (χ0v) is 17.9. The number of hydrogen-bond donors (Lipinski definition) is 1. The van der Waals surface area contributed by atoms with Crippen molar-refractivity contribution in [1.29, 1.82) is 0 Å². The van der Waals surface area contributed by atoms with Crippen LogP contribution >= 0.6 is 0 Å². The molecule has 4 rings (SSSR count). The molecule has 1 unspecified atom stereocenters. The number of benzene rings is 1. The summed E-state index contributed by atoms with van der Waals surface area (Å²) in [6, 6.07) is 6.65. The van der Waals surface area contributed by atoms with E-state index in [4.69, 9.17) is 4.74 Å². The first kappa shape index (κ1) is 22.1. The number of ether oxygens (including phenoxy) is 1. The molecule has 2 fully saturated rings. The molecule has 1 amide bonds. The highest BCUT2D eigenvalue weighted by Gasteiger charge is 2.45. The minimum Gasteiger partial charge on any atom is -0.479 e. The summed E-state index contributed by atoms with van der Waals surface area (Å²) in [5.41, 5.74) is -0.143. The highest BCUT2D eigenvalue weighted by Crippen LogP contribution is 2.27. The predicted octanol–water partition coefficient (Wildman–Crippen LogP) is 1.11. The SMILES string of the molecule is COC1(C(=O)O)CCN(CC(=O)N2CCN(c3ccc(-c4ncccn4)cc3F)CC2)C1. The number of nitrogens with zero attached hydrogens (tertiary/aromatic N) is 5. The van der Waals surface area contributed by atoms with Crippen LogP contribution in [-0.2, 0) is 14.3 Å². The van der Waals surface area contributed by atoms with Crippen LogP contribution in [0.25, 0.3) is 11.4 Å². The van der Waals surface area contributed by atoms with Crippen molar-refractivity contribution in [2.24, 2.45) is 0 Å². The van der Waals surface area contributed by atoms with E-state index in [2.05, 4.69) is 9.97 Å². The van der Waals surface area contributed by atoms with Gasteiger partial charge in [0.25, 0.3) is 0 Å². The molecule has 170 valence electrons. The molecule has 0 radical (unpaired) electrons. The highest BCUT2D eigenvalue weighted by molar-refractivity contribution is 5.80. The summed E-state index contributed by atoms with van der Waals surface area (Å²) >= 11 is 0. The molecule has 10 heteroatoms. The van der Waals surface area contributed by atoms with E-state index >= 15 is 0 Å². The number of anilines is 1. The number of piperazine rings is 1. The Labute approximate surface area is 185 Å². The number of amides is 1. The number of methoxy groups -OCH3 is 1. The Bertz CT molecular complexity index is 984. The first-order valence-corrected chi connectivity index (χ1v) is 10.5. The van der Waals surface area contributed by atoms with Gasteiger partial charge in [-0.1, -0.05) is 0 Å². The van der Waals surface area contributed by atoms with Gasteiger partial charge in [-0.15, -0.1) is 0 Å². The molecule has 2 saturated heterocycles. The molecule has 0 aliphatic carbocycles. The molecule has 1 aromatic carbocycles. The van der Waals surface area contributed by atoms with E-state index in [1.165, 1.54) is 13.2 Å². The fourth-order valence-electron chi connectivity index (χ4n) is 4.26. The number of aliphatic carboxylic acids is 1. The molecule has 1 atom stereocenters. The van der Waals surface area contributed by atoms with Crippen molar-refractivity contribution in [3.8, 4) is 11.4 Å². The highest BCUT2D eigenvalue weighted by atomic mass is 19.1. The number of aromatic nitrogens is 2. The van der Waals surface area contributed by atoms with Gasteiger partial charge in [-0.25, -0.2) is 19.2 Å². The lowest BCUT2D eigenvalue weighted by molar-refractivity contribution is -0.160. The molecule has 32 heavy (non-hydrogen) atoms. The van der Waals surface area contributed by atoms with E-state index in [1.54, 1.807) is 35.5 Å². The average Bonchev–Trinajstić information content (AvgIpc) is 3.24. The van der Waals surface area contributed by atoms with Gasteiger partial charge in [-0.3, -0.25) is 9.69 Å². The van der Waals surface area contributed by atoms with Crippen LogP contribution in [0.3, 0.4) is 0 Å². The Balaban J connectivity index is 1.32. The number of carboxylic acid groups (broad SMARTS) is 1. The van der Waals surface area contributed by atoms with E-state index in [9.17, 15) is 19.1 Å². The van der Waals surface area contributed by atoms with E-state index < -0.39 is 11.6 Å². The lowest BCUT2D eigenvalue weighted by Crippen LogP contribution is -2.52. The van der Waals surface area contributed by atoms with Crippen molar-refractivity contribution in [1.82, 2.24) is 19.8 Å². The van der Waals surface area contributed by atoms with Crippen LogP contribution in [0.4, 0.5) is 10.1 Å². The topological polar surface area (TPSA) is 99.1 Å². The Morgan fingerprint density at radius 2 is 1.88 bits per heavy atom. The second kappa shape index (κ2) is 9.17. The Kier molecular flexibility index (Phi) is 6.33. The molecule has 0 saturated carbocycles. The molecule has 0 bridgehead atoms. The van der Waals surface area contributed by atoms with Crippen molar-refractivity contribution >= 4 is 17.6 Å². The van der Waals surface area contributed by atoms with Crippen molar-refractivity contribution in [3.05, 3.63) is 42.5 Å². The second-order valence-corrected chi connectivity index (χ2v) is 8.07. The molecule has 3 heterocycles. The third kappa shape index (κ3) is 4.42. The summed E-state index contributed by atoms with van der Waals surface area (Å²) in [5, 5.41) is 9.42. The maximum absolute atomic E-state index is 14.8.